The van der Waals surface area contributed by atoms with E-state index in [1.165, 1.54) is 6.07 Å². The van der Waals surface area contributed by atoms with E-state index in [0.29, 0.717) is 11.6 Å². The fourth-order valence-corrected chi connectivity index (χ4v) is 3.85. The fraction of sp³-hybridized carbons (Fsp3) is 0.647. The van der Waals surface area contributed by atoms with Crippen molar-refractivity contribution >= 4 is 0 Å². The van der Waals surface area contributed by atoms with Crippen LogP contribution in [0.25, 0.3) is 0 Å². The van der Waals surface area contributed by atoms with E-state index in [2.05, 4.69) is 26.1 Å². The van der Waals surface area contributed by atoms with Gasteiger partial charge in [-0.05, 0) is 55.2 Å². The molecule has 3 heteroatoms. The summed E-state index contributed by atoms with van der Waals surface area (Å²) in [6.45, 7) is 7.52. The topological polar surface area (TPSA) is 12.0 Å². The third-order valence-corrected chi connectivity index (χ3v) is 5.15. The van der Waals surface area contributed by atoms with Gasteiger partial charge in [0, 0.05) is 12.1 Å². The second kappa shape index (κ2) is 6.21. The number of rotatable bonds is 6. The quantitative estimate of drug-likeness (QED) is 0.802. The molecule has 0 amide bonds. The zero-order chi connectivity index (χ0) is 14.8. The van der Waals surface area contributed by atoms with E-state index in [1.807, 2.05) is 0 Å². The van der Waals surface area contributed by atoms with Crippen molar-refractivity contribution in [3.8, 4) is 0 Å². The van der Waals surface area contributed by atoms with E-state index < -0.39 is 11.6 Å². The fourth-order valence-electron chi connectivity index (χ4n) is 3.85. The summed E-state index contributed by atoms with van der Waals surface area (Å²) in [4.78, 5) is 0. The zero-order valence-electron chi connectivity index (χ0n) is 12.7. The molecule has 1 aliphatic rings. The first-order valence-corrected chi connectivity index (χ1v) is 7.77. The van der Waals surface area contributed by atoms with Crippen LogP contribution < -0.4 is 5.32 Å². The Morgan fingerprint density at radius 1 is 1.20 bits per heavy atom. The van der Waals surface area contributed by atoms with Gasteiger partial charge in [0.25, 0.3) is 0 Å². The Morgan fingerprint density at radius 2 is 1.90 bits per heavy atom. The number of hydrogen-bond donors (Lipinski definition) is 1. The van der Waals surface area contributed by atoms with Gasteiger partial charge >= 0.3 is 0 Å². The van der Waals surface area contributed by atoms with Crippen molar-refractivity contribution in [2.75, 3.05) is 6.54 Å². The second-order valence-corrected chi connectivity index (χ2v) is 5.90. The molecule has 0 saturated heterocycles. The first-order chi connectivity index (χ1) is 9.58. The van der Waals surface area contributed by atoms with E-state index >= 15 is 0 Å². The molecule has 20 heavy (non-hydrogen) atoms. The van der Waals surface area contributed by atoms with Crippen molar-refractivity contribution in [1.82, 2.24) is 5.32 Å². The lowest BCUT2D eigenvalue weighted by Crippen LogP contribution is -2.58. The lowest BCUT2D eigenvalue weighted by molar-refractivity contribution is 0.0183. The van der Waals surface area contributed by atoms with Crippen LogP contribution in [0.2, 0.25) is 0 Å². The summed E-state index contributed by atoms with van der Waals surface area (Å²) in [7, 11) is 0. The first kappa shape index (κ1) is 15.4. The minimum atomic E-state index is -0.496. The smallest absolute Gasteiger partial charge is 0.129 e. The predicted octanol–water partition coefficient (Wildman–Crippen LogP) is 4.63. The number of hydrogen-bond acceptors (Lipinski definition) is 1. The molecule has 1 aromatic carbocycles. The Kier molecular flexibility index (Phi) is 4.79. The molecular weight excluding hydrogens is 256 g/mol. The summed E-state index contributed by atoms with van der Waals surface area (Å²) in [6.07, 6.45) is 4.10. The van der Waals surface area contributed by atoms with Crippen molar-refractivity contribution in [3.05, 3.63) is 35.4 Å². The van der Waals surface area contributed by atoms with Crippen molar-refractivity contribution in [2.24, 2.45) is 5.41 Å². The second-order valence-electron chi connectivity index (χ2n) is 5.90. The minimum Gasteiger partial charge on any atom is -0.313 e. The maximum Gasteiger partial charge on any atom is 0.129 e. The van der Waals surface area contributed by atoms with Crippen LogP contribution in [-0.2, 0) is 0 Å². The third kappa shape index (κ3) is 2.48. The molecule has 0 bridgehead atoms. The third-order valence-electron chi connectivity index (χ3n) is 5.15. The van der Waals surface area contributed by atoms with E-state index in [4.69, 9.17) is 0 Å². The highest BCUT2D eigenvalue weighted by Crippen LogP contribution is 2.57. The molecule has 1 aliphatic carbocycles. The van der Waals surface area contributed by atoms with Gasteiger partial charge in [-0.1, -0.05) is 26.8 Å². The Labute approximate surface area is 120 Å². The normalized spacial score (nSPS) is 24.4. The van der Waals surface area contributed by atoms with Gasteiger partial charge in [-0.25, -0.2) is 8.78 Å². The summed E-state index contributed by atoms with van der Waals surface area (Å²) in [5.41, 5.74) is 0.790. The Bertz CT molecular complexity index is 454. The largest absolute Gasteiger partial charge is 0.313 e. The monoisotopic (exact) mass is 281 g/mol. The number of nitrogens with one attached hydrogen (secondary N) is 1. The van der Waals surface area contributed by atoms with Crippen LogP contribution in [0.3, 0.4) is 0 Å². The van der Waals surface area contributed by atoms with Gasteiger partial charge in [0.15, 0.2) is 0 Å². The van der Waals surface area contributed by atoms with Crippen LogP contribution in [0.15, 0.2) is 18.2 Å². The number of halogens is 2. The molecule has 112 valence electrons. The molecule has 0 aromatic heterocycles. The van der Waals surface area contributed by atoms with Gasteiger partial charge in [-0.3, -0.25) is 0 Å². The molecule has 1 nitrogen and oxygen atoms in total. The first-order valence-electron chi connectivity index (χ1n) is 7.77. The maximum absolute atomic E-state index is 14.1. The molecule has 0 heterocycles. The van der Waals surface area contributed by atoms with Crippen LogP contribution in [0.5, 0.6) is 0 Å². The Morgan fingerprint density at radius 3 is 2.45 bits per heavy atom. The summed E-state index contributed by atoms with van der Waals surface area (Å²) in [5.74, 6) is -0.687. The van der Waals surface area contributed by atoms with E-state index in [1.54, 1.807) is 6.07 Å². The van der Waals surface area contributed by atoms with Gasteiger partial charge in [-0.2, -0.15) is 0 Å². The molecule has 2 rings (SSSR count). The van der Waals surface area contributed by atoms with Crippen LogP contribution in [-0.4, -0.2) is 12.6 Å². The molecule has 1 N–H and O–H groups in total. The molecule has 0 spiro atoms. The molecule has 1 aromatic rings. The van der Waals surface area contributed by atoms with Gasteiger partial charge < -0.3 is 5.32 Å². The maximum atomic E-state index is 14.1. The molecule has 0 aliphatic heterocycles. The van der Waals surface area contributed by atoms with E-state index in [-0.39, 0.29) is 11.3 Å². The predicted molar refractivity (Wildman–Crippen MR) is 78.8 cm³/mol. The molecular formula is C17H25F2N. The summed E-state index contributed by atoms with van der Waals surface area (Å²) >= 11 is 0. The highest BCUT2D eigenvalue weighted by molar-refractivity contribution is 5.30. The van der Waals surface area contributed by atoms with E-state index in [9.17, 15) is 8.78 Å². The van der Waals surface area contributed by atoms with Crippen LogP contribution in [0, 0.1) is 17.0 Å². The van der Waals surface area contributed by atoms with Crippen LogP contribution >= 0.6 is 0 Å². The van der Waals surface area contributed by atoms with Gasteiger partial charge in [0.2, 0.25) is 0 Å². The molecule has 1 saturated carbocycles. The van der Waals surface area contributed by atoms with Crippen molar-refractivity contribution in [2.45, 2.75) is 58.4 Å². The van der Waals surface area contributed by atoms with Crippen LogP contribution in [0.4, 0.5) is 8.78 Å². The van der Waals surface area contributed by atoms with E-state index in [0.717, 1.165) is 38.3 Å². The minimum absolute atomic E-state index is 0.105. The highest BCUT2D eigenvalue weighted by Gasteiger charge is 2.53. The standard InChI is InChI=1S/C17H25F2N/c1-4-9-20-16-11-14(17(16,5-2)6-3)13-8-7-12(18)10-15(13)19/h7-8,10,14,16,20H,4-6,9,11H2,1-3H3. The van der Waals surface area contributed by atoms with Crippen molar-refractivity contribution in [3.63, 3.8) is 0 Å². The Balaban J connectivity index is 2.24. The summed E-state index contributed by atoms with van der Waals surface area (Å²) < 4.78 is 27.1. The summed E-state index contributed by atoms with van der Waals surface area (Å²) in [6, 6.07) is 4.47. The average Bonchev–Trinajstić information content (AvgIpc) is 2.41. The van der Waals surface area contributed by atoms with Crippen molar-refractivity contribution < 1.29 is 8.78 Å². The van der Waals surface area contributed by atoms with Crippen LogP contribution in [0.1, 0.15) is 57.9 Å². The Hall–Kier alpha value is -0.960. The number of benzene rings is 1. The molecule has 2 atom stereocenters. The van der Waals surface area contributed by atoms with Gasteiger partial charge in [0.05, 0.1) is 0 Å². The highest BCUT2D eigenvalue weighted by atomic mass is 19.1. The lowest BCUT2D eigenvalue weighted by Gasteiger charge is -2.56. The van der Waals surface area contributed by atoms with Crippen molar-refractivity contribution in [1.29, 1.82) is 0 Å². The lowest BCUT2D eigenvalue weighted by atomic mass is 9.51. The molecule has 2 unspecified atom stereocenters. The average molecular weight is 281 g/mol. The molecule has 0 radical (unpaired) electrons. The SMILES string of the molecule is CCCNC1CC(c2ccc(F)cc2F)C1(CC)CC. The van der Waals surface area contributed by atoms with Gasteiger partial charge in [-0.15, -0.1) is 0 Å². The zero-order valence-corrected chi connectivity index (χ0v) is 12.7. The summed E-state index contributed by atoms with van der Waals surface area (Å²) in [5, 5.41) is 3.60. The van der Waals surface area contributed by atoms with Gasteiger partial charge in [0.1, 0.15) is 11.6 Å². The molecule has 1 fully saturated rings.